The van der Waals surface area contributed by atoms with Crippen molar-refractivity contribution in [1.29, 1.82) is 0 Å². The Morgan fingerprint density at radius 3 is 3.09 bits per heavy atom. The highest BCUT2D eigenvalue weighted by Gasteiger charge is 2.18. The van der Waals surface area contributed by atoms with Crippen LogP contribution < -0.4 is 10.1 Å². The quantitative estimate of drug-likeness (QED) is 0.883. The van der Waals surface area contributed by atoms with Gasteiger partial charge in [-0.15, -0.1) is 0 Å². The first kappa shape index (κ1) is 16.0. The van der Waals surface area contributed by atoms with Gasteiger partial charge in [-0.3, -0.25) is 0 Å². The van der Waals surface area contributed by atoms with E-state index in [0.717, 1.165) is 30.9 Å². The van der Waals surface area contributed by atoms with Crippen molar-refractivity contribution in [3.8, 4) is 17.1 Å². The lowest BCUT2D eigenvalue weighted by Crippen LogP contribution is -2.33. The molecule has 6 nitrogen and oxygen atoms in total. The van der Waals surface area contributed by atoms with Gasteiger partial charge in [0, 0.05) is 18.7 Å². The predicted octanol–water partition coefficient (Wildman–Crippen LogP) is 2.96. The monoisotopic (exact) mass is 317 g/mol. The highest BCUT2D eigenvalue weighted by molar-refractivity contribution is 5.56. The molecule has 0 amide bonds. The molecular formula is C17H23N3O3. The molecule has 124 valence electrons. The third kappa shape index (κ3) is 4.09. The van der Waals surface area contributed by atoms with Crippen LogP contribution >= 0.6 is 0 Å². The summed E-state index contributed by atoms with van der Waals surface area (Å²) in [5.74, 6) is 1.93. The largest absolute Gasteiger partial charge is 0.497 e. The van der Waals surface area contributed by atoms with Crippen LogP contribution in [0.15, 0.2) is 28.8 Å². The Morgan fingerprint density at radius 2 is 2.30 bits per heavy atom. The number of ether oxygens (including phenoxy) is 2. The molecule has 0 aliphatic carbocycles. The van der Waals surface area contributed by atoms with Gasteiger partial charge in [0.05, 0.1) is 19.3 Å². The Morgan fingerprint density at radius 1 is 1.39 bits per heavy atom. The molecule has 0 radical (unpaired) electrons. The molecule has 6 heteroatoms. The molecule has 2 heterocycles. The van der Waals surface area contributed by atoms with Crippen molar-refractivity contribution in [2.75, 3.05) is 20.3 Å². The molecule has 1 N–H and O–H groups in total. The molecule has 1 aliphatic heterocycles. The van der Waals surface area contributed by atoms with Crippen LogP contribution in [-0.2, 0) is 4.74 Å². The van der Waals surface area contributed by atoms with Crippen molar-refractivity contribution in [3.05, 3.63) is 30.2 Å². The molecule has 2 atom stereocenters. The molecule has 1 saturated heterocycles. The van der Waals surface area contributed by atoms with Gasteiger partial charge < -0.3 is 19.3 Å². The summed E-state index contributed by atoms with van der Waals surface area (Å²) in [5, 5.41) is 7.47. The van der Waals surface area contributed by atoms with Crippen LogP contribution in [0, 0.1) is 0 Å². The number of methoxy groups -OCH3 is 1. The fourth-order valence-corrected chi connectivity index (χ4v) is 2.65. The minimum absolute atomic E-state index is 0.00705. The Labute approximate surface area is 136 Å². The number of nitrogens with one attached hydrogen (secondary N) is 1. The lowest BCUT2D eigenvalue weighted by molar-refractivity contribution is 0.0151. The van der Waals surface area contributed by atoms with Gasteiger partial charge in [0.25, 0.3) is 0 Å². The van der Waals surface area contributed by atoms with Crippen molar-refractivity contribution >= 4 is 0 Å². The van der Waals surface area contributed by atoms with Crippen molar-refractivity contribution in [1.82, 2.24) is 15.5 Å². The molecule has 0 bridgehead atoms. The highest BCUT2D eigenvalue weighted by atomic mass is 16.5. The summed E-state index contributed by atoms with van der Waals surface area (Å²) in [5.41, 5.74) is 0.877. The topological polar surface area (TPSA) is 69.4 Å². The fraction of sp³-hybridized carbons (Fsp3) is 0.529. The van der Waals surface area contributed by atoms with E-state index < -0.39 is 0 Å². The predicted molar refractivity (Wildman–Crippen MR) is 86.3 cm³/mol. The number of hydrogen-bond donors (Lipinski definition) is 1. The molecule has 0 spiro atoms. The summed E-state index contributed by atoms with van der Waals surface area (Å²) in [6, 6.07) is 7.62. The lowest BCUT2D eigenvalue weighted by atomic mass is 10.1. The third-order valence-corrected chi connectivity index (χ3v) is 4.07. The summed E-state index contributed by atoms with van der Waals surface area (Å²) < 4.78 is 16.3. The Balaban J connectivity index is 1.61. The van der Waals surface area contributed by atoms with E-state index in [4.69, 9.17) is 14.0 Å². The molecule has 1 aromatic carbocycles. The summed E-state index contributed by atoms with van der Waals surface area (Å²) in [4.78, 5) is 4.48. The summed E-state index contributed by atoms with van der Waals surface area (Å²) in [6.45, 7) is 3.69. The maximum Gasteiger partial charge on any atom is 0.243 e. The molecule has 0 saturated carbocycles. The van der Waals surface area contributed by atoms with Gasteiger partial charge in [-0.2, -0.15) is 4.98 Å². The lowest BCUT2D eigenvalue weighted by Gasteiger charge is -2.23. The van der Waals surface area contributed by atoms with Crippen LogP contribution in [0.5, 0.6) is 5.75 Å². The molecule has 23 heavy (non-hydrogen) atoms. The van der Waals surface area contributed by atoms with Gasteiger partial charge in [-0.05, 0) is 38.3 Å². The Hall–Kier alpha value is -1.92. The van der Waals surface area contributed by atoms with Crippen molar-refractivity contribution in [2.45, 2.75) is 38.3 Å². The average molecular weight is 317 g/mol. The third-order valence-electron chi connectivity index (χ3n) is 4.07. The van der Waals surface area contributed by atoms with E-state index in [1.807, 2.05) is 31.2 Å². The van der Waals surface area contributed by atoms with E-state index in [-0.39, 0.29) is 12.1 Å². The molecule has 1 aromatic heterocycles. The first-order valence-electron chi connectivity index (χ1n) is 8.09. The zero-order chi connectivity index (χ0) is 16.1. The first-order valence-corrected chi connectivity index (χ1v) is 8.09. The highest BCUT2D eigenvalue weighted by Crippen LogP contribution is 2.23. The Bertz CT molecular complexity index is 623. The summed E-state index contributed by atoms with van der Waals surface area (Å²) in [7, 11) is 1.64. The van der Waals surface area contributed by atoms with E-state index in [2.05, 4.69) is 15.5 Å². The van der Waals surface area contributed by atoms with Crippen LogP contribution in [0.25, 0.3) is 11.4 Å². The number of nitrogens with zero attached hydrogens (tertiary/aromatic N) is 2. The van der Waals surface area contributed by atoms with Gasteiger partial charge in [0.2, 0.25) is 11.7 Å². The zero-order valence-corrected chi connectivity index (χ0v) is 13.6. The number of hydrogen-bond acceptors (Lipinski definition) is 6. The number of aromatic nitrogens is 2. The van der Waals surface area contributed by atoms with Crippen LogP contribution in [0.1, 0.15) is 38.1 Å². The van der Waals surface area contributed by atoms with Gasteiger partial charge in [0.1, 0.15) is 5.75 Å². The maximum absolute atomic E-state index is 5.72. The van der Waals surface area contributed by atoms with Gasteiger partial charge in [0.15, 0.2) is 0 Å². The average Bonchev–Trinajstić information content (AvgIpc) is 3.11. The molecule has 2 aromatic rings. The van der Waals surface area contributed by atoms with Crippen molar-refractivity contribution in [3.63, 3.8) is 0 Å². The smallest absolute Gasteiger partial charge is 0.243 e. The van der Waals surface area contributed by atoms with E-state index in [1.54, 1.807) is 7.11 Å². The van der Waals surface area contributed by atoms with E-state index >= 15 is 0 Å². The number of rotatable bonds is 6. The van der Waals surface area contributed by atoms with Gasteiger partial charge >= 0.3 is 0 Å². The van der Waals surface area contributed by atoms with Crippen molar-refractivity contribution in [2.24, 2.45) is 0 Å². The molecular weight excluding hydrogens is 294 g/mol. The minimum Gasteiger partial charge on any atom is -0.497 e. The second-order valence-corrected chi connectivity index (χ2v) is 5.81. The summed E-state index contributed by atoms with van der Waals surface area (Å²) in [6.07, 6.45) is 3.80. The minimum atomic E-state index is -0.00705. The maximum atomic E-state index is 5.72. The van der Waals surface area contributed by atoms with Crippen molar-refractivity contribution < 1.29 is 14.0 Å². The molecule has 1 aliphatic rings. The van der Waals surface area contributed by atoms with Crippen LogP contribution in [0.4, 0.5) is 0 Å². The van der Waals surface area contributed by atoms with E-state index in [1.165, 1.54) is 12.8 Å². The Kier molecular flexibility index (Phi) is 5.25. The van der Waals surface area contributed by atoms with E-state index in [0.29, 0.717) is 11.7 Å². The van der Waals surface area contributed by atoms with Crippen LogP contribution in [0.3, 0.4) is 0 Å². The molecule has 0 unspecified atom stereocenters. The standard InChI is InChI=1S/C17H23N3O3/c1-12(18-11-15-7-3-4-9-22-15)17-19-16(20-23-17)13-6-5-8-14(10-13)21-2/h5-6,8,10,12,15,18H,3-4,7,9,11H2,1-2H3/t12-,15-/m1/s1. The number of benzene rings is 1. The summed E-state index contributed by atoms with van der Waals surface area (Å²) >= 11 is 0. The normalized spacial score (nSPS) is 19.5. The fourth-order valence-electron chi connectivity index (χ4n) is 2.65. The van der Waals surface area contributed by atoms with E-state index in [9.17, 15) is 0 Å². The first-order chi connectivity index (χ1) is 11.3. The SMILES string of the molecule is COc1cccc(-c2noc([C@@H](C)NC[C@H]3CCCCO3)n2)c1. The zero-order valence-electron chi connectivity index (χ0n) is 13.6. The second-order valence-electron chi connectivity index (χ2n) is 5.81. The molecule has 1 fully saturated rings. The van der Waals surface area contributed by atoms with Gasteiger partial charge in [-0.1, -0.05) is 17.3 Å². The molecule has 3 rings (SSSR count). The van der Waals surface area contributed by atoms with Crippen LogP contribution in [-0.4, -0.2) is 36.5 Å². The second kappa shape index (κ2) is 7.57. The van der Waals surface area contributed by atoms with Crippen LogP contribution in [0.2, 0.25) is 0 Å². The van der Waals surface area contributed by atoms with Gasteiger partial charge in [-0.25, -0.2) is 0 Å².